The number of benzene rings is 2. The van der Waals surface area contributed by atoms with Crippen LogP contribution in [0.25, 0.3) is 11.0 Å². The Morgan fingerprint density at radius 3 is 2.30 bits per heavy atom. The second kappa shape index (κ2) is 8.41. The number of ether oxygens (including phenoxy) is 3. The Kier molecular flexibility index (Phi) is 5.91. The third-order valence-electron chi connectivity index (χ3n) is 4.13. The lowest BCUT2D eigenvalue weighted by Crippen LogP contribution is -2.25. The molecule has 0 fully saturated rings. The lowest BCUT2D eigenvalue weighted by atomic mass is 9.97. The zero-order chi connectivity index (χ0) is 21.9. The molecule has 7 heteroatoms. The van der Waals surface area contributed by atoms with Gasteiger partial charge < -0.3 is 18.6 Å². The van der Waals surface area contributed by atoms with Crippen molar-refractivity contribution in [1.29, 1.82) is 0 Å². The predicted octanol–water partition coefficient (Wildman–Crippen LogP) is 4.71. The second-order valence-corrected chi connectivity index (χ2v) is 7.57. The summed E-state index contributed by atoms with van der Waals surface area (Å²) in [6.07, 6.45) is 1.19. The Morgan fingerprint density at radius 1 is 1.00 bits per heavy atom. The second-order valence-electron chi connectivity index (χ2n) is 7.57. The Labute approximate surface area is 173 Å². The van der Waals surface area contributed by atoms with Gasteiger partial charge in [0.05, 0.1) is 23.0 Å². The molecule has 0 atom stereocenters. The minimum absolute atomic E-state index is 0.00850. The molecule has 30 heavy (non-hydrogen) atoms. The van der Waals surface area contributed by atoms with Gasteiger partial charge in [-0.15, -0.1) is 0 Å². The van der Waals surface area contributed by atoms with Crippen molar-refractivity contribution in [3.8, 4) is 17.2 Å². The Bertz CT molecular complexity index is 1130. The summed E-state index contributed by atoms with van der Waals surface area (Å²) in [5, 5.41) is 0.284. The molecule has 3 aromatic rings. The standard InChI is InChI=1S/C23H22O7/c1-5-27-21(25)14-6-8-15(9-7-14)29-19-13-28-18-12-16(10-11-17(18)20(19)24)30-22(26)23(2,3)4/h6-13H,5H2,1-4H3. The molecule has 0 saturated carbocycles. The molecule has 0 N–H and O–H groups in total. The number of esters is 2. The van der Waals surface area contributed by atoms with E-state index in [0.29, 0.717) is 11.3 Å². The van der Waals surface area contributed by atoms with Gasteiger partial charge in [0, 0.05) is 6.07 Å². The number of carbonyl (C=O) groups is 2. The molecule has 0 spiro atoms. The van der Waals surface area contributed by atoms with Gasteiger partial charge in [-0.25, -0.2) is 4.79 Å². The molecule has 1 aromatic heterocycles. The Hall–Kier alpha value is -3.61. The highest BCUT2D eigenvalue weighted by Crippen LogP contribution is 2.26. The van der Waals surface area contributed by atoms with Crippen molar-refractivity contribution >= 4 is 22.9 Å². The highest BCUT2D eigenvalue weighted by atomic mass is 16.5. The molecule has 0 bridgehead atoms. The molecule has 7 nitrogen and oxygen atoms in total. The number of rotatable bonds is 5. The maximum atomic E-state index is 12.7. The first-order valence-corrected chi connectivity index (χ1v) is 9.42. The summed E-state index contributed by atoms with van der Waals surface area (Å²) >= 11 is 0. The van der Waals surface area contributed by atoms with Crippen LogP contribution in [0.15, 0.2) is 57.9 Å². The van der Waals surface area contributed by atoms with E-state index in [4.69, 9.17) is 18.6 Å². The summed E-state index contributed by atoms with van der Waals surface area (Å²) in [7, 11) is 0. The van der Waals surface area contributed by atoms with E-state index in [2.05, 4.69) is 0 Å². The molecule has 0 radical (unpaired) electrons. The maximum absolute atomic E-state index is 12.7. The predicted molar refractivity (Wildman–Crippen MR) is 110 cm³/mol. The summed E-state index contributed by atoms with van der Waals surface area (Å²) in [6, 6.07) is 10.7. The Morgan fingerprint density at radius 2 is 1.67 bits per heavy atom. The topological polar surface area (TPSA) is 92.0 Å². The van der Waals surface area contributed by atoms with Crippen molar-refractivity contribution < 1.29 is 28.2 Å². The largest absolute Gasteiger partial charge is 0.462 e. The van der Waals surface area contributed by atoms with Crippen LogP contribution in [0.5, 0.6) is 17.2 Å². The highest BCUT2D eigenvalue weighted by Gasteiger charge is 2.24. The van der Waals surface area contributed by atoms with Crippen LogP contribution in [0.3, 0.4) is 0 Å². The van der Waals surface area contributed by atoms with Crippen LogP contribution in [-0.2, 0) is 9.53 Å². The third-order valence-corrected chi connectivity index (χ3v) is 4.13. The first-order valence-electron chi connectivity index (χ1n) is 9.42. The van der Waals surface area contributed by atoms with Gasteiger partial charge in [-0.1, -0.05) is 0 Å². The lowest BCUT2D eigenvalue weighted by molar-refractivity contribution is -0.142. The van der Waals surface area contributed by atoms with Crippen LogP contribution in [0.1, 0.15) is 38.1 Å². The maximum Gasteiger partial charge on any atom is 0.338 e. The van der Waals surface area contributed by atoms with Crippen LogP contribution in [0, 0.1) is 5.41 Å². The SMILES string of the molecule is CCOC(=O)c1ccc(Oc2coc3cc(OC(=O)C(C)(C)C)ccc3c2=O)cc1. The number of hydrogen-bond donors (Lipinski definition) is 0. The van der Waals surface area contributed by atoms with E-state index in [1.807, 2.05) is 0 Å². The van der Waals surface area contributed by atoms with Gasteiger partial charge in [-0.05, 0) is 64.1 Å². The van der Waals surface area contributed by atoms with E-state index in [1.54, 1.807) is 52.0 Å². The van der Waals surface area contributed by atoms with Crippen molar-refractivity contribution in [3.63, 3.8) is 0 Å². The van der Waals surface area contributed by atoms with Crippen LogP contribution >= 0.6 is 0 Å². The quantitative estimate of drug-likeness (QED) is 0.444. The molecule has 0 unspecified atom stereocenters. The van der Waals surface area contributed by atoms with E-state index < -0.39 is 17.4 Å². The van der Waals surface area contributed by atoms with E-state index in [-0.39, 0.29) is 34.5 Å². The summed E-state index contributed by atoms with van der Waals surface area (Å²) < 4.78 is 21.4. The smallest absolute Gasteiger partial charge is 0.338 e. The minimum Gasteiger partial charge on any atom is -0.462 e. The van der Waals surface area contributed by atoms with Gasteiger partial charge in [0.15, 0.2) is 0 Å². The summed E-state index contributed by atoms with van der Waals surface area (Å²) in [6.45, 7) is 7.26. The monoisotopic (exact) mass is 410 g/mol. The molecule has 0 amide bonds. The van der Waals surface area contributed by atoms with Gasteiger partial charge in [-0.3, -0.25) is 9.59 Å². The van der Waals surface area contributed by atoms with Gasteiger partial charge in [0.1, 0.15) is 23.3 Å². The fraction of sp³-hybridized carbons (Fsp3) is 0.261. The van der Waals surface area contributed by atoms with E-state index in [9.17, 15) is 14.4 Å². The average Bonchev–Trinajstić information content (AvgIpc) is 2.70. The van der Waals surface area contributed by atoms with E-state index in [0.717, 1.165) is 0 Å². The van der Waals surface area contributed by atoms with Crippen LogP contribution in [0.4, 0.5) is 0 Å². The minimum atomic E-state index is -0.656. The first kappa shape index (κ1) is 21.1. The zero-order valence-corrected chi connectivity index (χ0v) is 17.2. The number of fused-ring (bicyclic) bond motifs is 1. The summed E-state index contributed by atoms with van der Waals surface area (Å²) in [5.74, 6) is -0.183. The van der Waals surface area contributed by atoms with Crippen molar-refractivity contribution in [1.82, 2.24) is 0 Å². The normalized spacial score (nSPS) is 11.2. The Balaban J connectivity index is 1.82. The summed E-state index contributed by atoms with van der Waals surface area (Å²) in [5.41, 5.74) is -0.383. The molecule has 156 valence electrons. The van der Waals surface area contributed by atoms with E-state index >= 15 is 0 Å². The third kappa shape index (κ3) is 4.68. The molecule has 0 aliphatic carbocycles. The average molecular weight is 410 g/mol. The number of carbonyl (C=O) groups excluding carboxylic acids is 2. The van der Waals surface area contributed by atoms with Crippen LogP contribution in [-0.4, -0.2) is 18.5 Å². The van der Waals surface area contributed by atoms with Gasteiger partial charge in [-0.2, -0.15) is 0 Å². The molecular weight excluding hydrogens is 388 g/mol. The molecule has 1 heterocycles. The van der Waals surface area contributed by atoms with Crippen LogP contribution in [0.2, 0.25) is 0 Å². The molecule has 0 aliphatic rings. The van der Waals surface area contributed by atoms with Crippen LogP contribution < -0.4 is 14.9 Å². The van der Waals surface area contributed by atoms with Crippen molar-refractivity contribution in [3.05, 3.63) is 64.5 Å². The zero-order valence-electron chi connectivity index (χ0n) is 17.2. The number of hydrogen-bond acceptors (Lipinski definition) is 7. The molecule has 3 rings (SSSR count). The van der Waals surface area contributed by atoms with E-state index in [1.165, 1.54) is 24.5 Å². The molecular formula is C23H22O7. The van der Waals surface area contributed by atoms with Gasteiger partial charge in [0.25, 0.3) is 0 Å². The molecule has 2 aromatic carbocycles. The molecule has 0 aliphatic heterocycles. The fourth-order valence-corrected chi connectivity index (χ4v) is 2.49. The summed E-state index contributed by atoms with van der Waals surface area (Å²) in [4.78, 5) is 36.5. The molecule has 0 saturated heterocycles. The van der Waals surface area contributed by atoms with Crippen molar-refractivity contribution in [2.45, 2.75) is 27.7 Å². The van der Waals surface area contributed by atoms with Gasteiger partial charge in [0.2, 0.25) is 11.2 Å². The van der Waals surface area contributed by atoms with Crippen molar-refractivity contribution in [2.75, 3.05) is 6.61 Å². The highest BCUT2D eigenvalue weighted by molar-refractivity contribution is 5.89. The first-order chi connectivity index (χ1) is 14.2. The van der Waals surface area contributed by atoms with Gasteiger partial charge >= 0.3 is 11.9 Å². The van der Waals surface area contributed by atoms with Crippen molar-refractivity contribution in [2.24, 2.45) is 5.41 Å². The lowest BCUT2D eigenvalue weighted by Gasteiger charge is -2.16. The fourth-order valence-electron chi connectivity index (χ4n) is 2.49.